The van der Waals surface area contributed by atoms with Crippen molar-refractivity contribution in [2.75, 3.05) is 11.9 Å². The van der Waals surface area contributed by atoms with E-state index in [-0.39, 0.29) is 11.7 Å². The Balaban J connectivity index is 1.71. The number of guanidine groups is 1. The molecule has 0 aliphatic heterocycles. The molecule has 9 heteroatoms. The van der Waals surface area contributed by atoms with Gasteiger partial charge in [-0.1, -0.05) is 0 Å². The van der Waals surface area contributed by atoms with E-state index in [2.05, 4.69) is 20.0 Å². The minimum absolute atomic E-state index is 0.217. The van der Waals surface area contributed by atoms with Crippen LogP contribution in [0.15, 0.2) is 34.6 Å². The molecular weight excluding hydrogens is 353 g/mol. The highest BCUT2D eigenvalue weighted by Gasteiger charge is 2.30. The maximum Gasteiger partial charge on any atom is 0.573 e. The van der Waals surface area contributed by atoms with Gasteiger partial charge >= 0.3 is 6.36 Å². The number of alkyl halides is 3. The zero-order valence-corrected chi connectivity index (χ0v) is 14.5. The van der Waals surface area contributed by atoms with Crippen LogP contribution in [0.5, 0.6) is 5.75 Å². The molecule has 0 bridgehead atoms. The summed E-state index contributed by atoms with van der Waals surface area (Å²) in [6.45, 7) is 2.54. The molecule has 1 aromatic heterocycles. The van der Waals surface area contributed by atoms with E-state index in [0.717, 1.165) is 30.0 Å². The molecule has 25 heavy (non-hydrogen) atoms. The largest absolute Gasteiger partial charge is 0.573 e. The van der Waals surface area contributed by atoms with Crippen LogP contribution < -0.4 is 15.8 Å². The van der Waals surface area contributed by atoms with Crippen molar-refractivity contribution in [1.82, 2.24) is 4.98 Å². The van der Waals surface area contributed by atoms with Gasteiger partial charge in [-0.2, -0.15) is 0 Å². The van der Waals surface area contributed by atoms with Gasteiger partial charge in [-0.25, -0.2) is 4.98 Å². The van der Waals surface area contributed by atoms with E-state index in [1.54, 1.807) is 11.3 Å². The van der Waals surface area contributed by atoms with Gasteiger partial charge in [0.2, 0.25) is 0 Å². The molecular formula is C16H19F3N4OS. The third-order valence-electron chi connectivity index (χ3n) is 3.11. The second-order valence-electron chi connectivity index (χ2n) is 5.30. The number of nitrogens with zero attached hydrogens (tertiary/aromatic N) is 2. The van der Waals surface area contributed by atoms with E-state index in [9.17, 15) is 13.2 Å². The molecule has 1 heterocycles. The average molecular weight is 372 g/mol. The third kappa shape index (κ3) is 7.42. The van der Waals surface area contributed by atoms with Gasteiger partial charge in [0, 0.05) is 23.3 Å². The fourth-order valence-electron chi connectivity index (χ4n) is 2.03. The van der Waals surface area contributed by atoms with E-state index in [4.69, 9.17) is 5.73 Å². The first-order valence-corrected chi connectivity index (χ1v) is 8.53. The van der Waals surface area contributed by atoms with Gasteiger partial charge in [0.25, 0.3) is 0 Å². The van der Waals surface area contributed by atoms with Crippen molar-refractivity contribution in [3.63, 3.8) is 0 Å². The molecule has 3 N–H and O–H groups in total. The summed E-state index contributed by atoms with van der Waals surface area (Å²) >= 11 is 1.66. The number of ether oxygens (including phenoxy) is 1. The summed E-state index contributed by atoms with van der Waals surface area (Å²) in [5, 5.41) is 5.97. The predicted octanol–water partition coefficient (Wildman–Crippen LogP) is 4.10. The molecule has 0 saturated heterocycles. The molecule has 1 aromatic carbocycles. The Morgan fingerprint density at radius 2 is 2.00 bits per heavy atom. The van der Waals surface area contributed by atoms with E-state index >= 15 is 0 Å². The third-order valence-corrected chi connectivity index (χ3v) is 4.13. The lowest BCUT2D eigenvalue weighted by molar-refractivity contribution is -0.274. The maximum atomic E-state index is 12.1. The number of aromatic nitrogens is 1. The Hall–Kier alpha value is -2.29. The van der Waals surface area contributed by atoms with Crippen LogP contribution in [0, 0.1) is 6.92 Å². The number of anilines is 1. The summed E-state index contributed by atoms with van der Waals surface area (Å²) < 4.78 is 40.0. The number of benzene rings is 1. The van der Waals surface area contributed by atoms with Crippen molar-refractivity contribution in [3.8, 4) is 5.75 Å². The smallest absolute Gasteiger partial charge is 0.406 e. The zero-order chi connectivity index (χ0) is 18.3. The van der Waals surface area contributed by atoms with Crippen LogP contribution >= 0.6 is 11.3 Å². The minimum Gasteiger partial charge on any atom is -0.406 e. The van der Waals surface area contributed by atoms with Crippen molar-refractivity contribution in [2.45, 2.75) is 32.5 Å². The molecule has 0 unspecified atom stereocenters. The second-order valence-corrected chi connectivity index (χ2v) is 6.25. The molecule has 0 amide bonds. The highest BCUT2D eigenvalue weighted by Crippen LogP contribution is 2.23. The van der Waals surface area contributed by atoms with Crippen LogP contribution in [0.1, 0.15) is 23.5 Å². The quantitative estimate of drug-likeness (QED) is 0.436. The highest BCUT2D eigenvalue weighted by molar-refractivity contribution is 7.09. The average Bonchev–Trinajstić information content (AvgIpc) is 2.93. The molecule has 2 aromatic rings. The standard InChI is InChI=1S/C16H19F3N4OS/c1-11-10-25-14(22-11)4-2-3-9-21-15(20)23-12-5-7-13(8-6-12)24-16(17,18)19/h5-8,10H,2-4,9H2,1H3,(H3,20,21,23). The summed E-state index contributed by atoms with van der Waals surface area (Å²) in [7, 11) is 0. The molecule has 2 rings (SSSR count). The Morgan fingerprint density at radius 1 is 1.28 bits per heavy atom. The van der Waals surface area contributed by atoms with E-state index < -0.39 is 6.36 Å². The lowest BCUT2D eigenvalue weighted by Crippen LogP contribution is -2.23. The first kappa shape index (κ1) is 19.0. The first-order valence-electron chi connectivity index (χ1n) is 7.65. The summed E-state index contributed by atoms with van der Waals surface area (Å²) in [6.07, 6.45) is -1.94. The van der Waals surface area contributed by atoms with E-state index in [0.29, 0.717) is 12.2 Å². The van der Waals surface area contributed by atoms with Crippen molar-refractivity contribution in [3.05, 3.63) is 40.3 Å². The predicted molar refractivity (Wildman–Crippen MR) is 93.0 cm³/mol. The van der Waals surface area contributed by atoms with Gasteiger partial charge in [-0.3, -0.25) is 4.99 Å². The van der Waals surface area contributed by atoms with Crippen molar-refractivity contribution >= 4 is 23.0 Å². The number of hydrogen-bond donors (Lipinski definition) is 2. The lowest BCUT2D eigenvalue weighted by atomic mass is 10.2. The van der Waals surface area contributed by atoms with Gasteiger partial charge < -0.3 is 15.8 Å². The number of aryl methyl sites for hydroxylation is 2. The van der Waals surface area contributed by atoms with Crippen LogP contribution in [0.2, 0.25) is 0 Å². The summed E-state index contributed by atoms with van der Waals surface area (Å²) in [5.41, 5.74) is 7.34. The molecule has 0 atom stereocenters. The number of thiazole rings is 1. The van der Waals surface area contributed by atoms with E-state index in [1.807, 2.05) is 12.3 Å². The number of rotatable bonds is 7. The van der Waals surface area contributed by atoms with Gasteiger partial charge in [0.05, 0.1) is 5.01 Å². The zero-order valence-electron chi connectivity index (χ0n) is 13.6. The molecule has 5 nitrogen and oxygen atoms in total. The highest BCUT2D eigenvalue weighted by atomic mass is 32.1. The Labute approximate surface area is 147 Å². The number of halogens is 3. The van der Waals surface area contributed by atoms with Crippen LogP contribution in [-0.2, 0) is 6.42 Å². The van der Waals surface area contributed by atoms with Crippen molar-refractivity contribution in [2.24, 2.45) is 10.7 Å². The lowest BCUT2D eigenvalue weighted by Gasteiger charge is -2.10. The Morgan fingerprint density at radius 3 is 2.60 bits per heavy atom. The van der Waals surface area contributed by atoms with E-state index in [1.165, 1.54) is 24.3 Å². The van der Waals surface area contributed by atoms with Crippen LogP contribution in [-0.4, -0.2) is 23.9 Å². The fraction of sp³-hybridized carbons (Fsp3) is 0.375. The molecule has 0 aliphatic carbocycles. The van der Waals surface area contributed by atoms with Crippen LogP contribution in [0.4, 0.5) is 18.9 Å². The Kier molecular flexibility index (Phi) is 6.63. The molecule has 136 valence electrons. The van der Waals surface area contributed by atoms with Crippen LogP contribution in [0.25, 0.3) is 0 Å². The van der Waals surface area contributed by atoms with Gasteiger partial charge in [0.15, 0.2) is 5.96 Å². The number of unbranched alkanes of at least 4 members (excludes halogenated alkanes) is 1. The number of aliphatic imine (C=N–C) groups is 1. The number of nitrogens with one attached hydrogen (secondary N) is 1. The van der Waals surface area contributed by atoms with Crippen molar-refractivity contribution in [1.29, 1.82) is 0 Å². The molecule has 0 aliphatic rings. The van der Waals surface area contributed by atoms with Gasteiger partial charge in [-0.15, -0.1) is 24.5 Å². The summed E-state index contributed by atoms with van der Waals surface area (Å²) in [4.78, 5) is 8.59. The normalized spacial score (nSPS) is 12.2. The van der Waals surface area contributed by atoms with Gasteiger partial charge in [0.1, 0.15) is 5.75 Å². The van der Waals surface area contributed by atoms with Gasteiger partial charge in [-0.05, 0) is 50.5 Å². The number of hydrogen-bond acceptors (Lipinski definition) is 4. The first-order chi connectivity index (χ1) is 11.8. The second kappa shape index (κ2) is 8.70. The van der Waals surface area contributed by atoms with Crippen LogP contribution in [0.3, 0.4) is 0 Å². The van der Waals surface area contributed by atoms with Crippen molar-refractivity contribution < 1.29 is 17.9 Å². The fourth-order valence-corrected chi connectivity index (χ4v) is 2.85. The molecule has 0 saturated carbocycles. The summed E-state index contributed by atoms with van der Waals surface area (Å²) in [6, 6.07) is 5.29. The topological polar surface area (TPSA) is 72.5 Å². The molecule has 0 radical (unpaired) electrons. The number of nitrogens with two attached hydrogens (primary N) is 1. The molecule has 0 spiro atoms. The minimum atomic E-state index is -4.70. The maximum absolute atomic E-state index is 12.1. The SMILES string of the molecule is Cc1csc(CCCCN=C(N)Nc2ccc(OC(F)(F)F)cc2)n1. The Bertz CT molecular complexity index is 698. The summed E-state index contributed by atoms with van der Waals surface area (Å²) in [5.74, 6) is -0.0689. The molecule has 0 fully saturated rings. The monoisotopic (exact) mass is 372 g/mol.